The van der Waals surface area contributed by atoms with Crippen LogP contribution in [0.3, 0.4) is 0 Å². The molecule has 0 amide bonds. The molecule has 21 heavy (non-hydrogen) atoms. The quantitative estimate of drug-likeness (QED) is 0.469. The summed E-state index contributed by atoms with van der Waals surface area (Å²) in [6, 6.07) is 3.56. The van der Waals surface area contributed by atoms with Gasteiger partial charge in [-0.05, 0) is 30.5 Å². The van der Waals surface area contributed by atoms with Gasteiger partial charge in [-0.2, -0.15) is 0 Å². The van der Waals surface area contributed by atoms with Gasteiger partial charge in [0.1, 0.15) is 0 Å². The second kappa shape index (κ2) is 10.7. The third kappa shape index (κ3) is 7.74. The van der Waals surface area contributed by atoms with E-state index in [1.165, 1.54) is 44.9 Å². The molecule has 0 aromatic heterocycles. The summed E-state index contributed by atoms with van der Waals surface area (Å²) >= 11 is 18.3. The summed E-state index contributed by atoms with van der Waals surface area (Å²) in [4.78, 5) is 0. The molecule has 0 aliphatic heterocycles. The van der Waals surface area contributed by atoms with Crippen molar-refractivity contribution in [1.82, 2.24) is 0 Å². The molecule has 0 aliphatic carbocycles. The van der Waals surface area contributed by atoms with Gasteiger partial charge in [-0.15, -0.1) is 0 Å². The maximum absolute atomic E-state index is 6.19. The van der Waals surface area contributed by atoms with E-state index < -0.39 is 0 Å². The zero-order valence-corrected chi connectivity index (χ0v) is 15.1. The molecule has 1 aromatic rings. The molecule has 1 rings (SSSR count). The number of hydrogen-bond acceptors (Lipinski definition) is 1. The molecule has 0 fully saturated rings. The molecule has 1 atom stereocenters. The first kappa shape index (κ1) is 19.1. The summed E-state index contributed by atoms with van der Waals surface area (Å²) in [7, 11) is 0. The van der Waals surface area contributed by atoms with Crippen LogP contribution in [0.5, 0.6) is 0 Å². The van der Waals surface area contributed by atoms with Gasteiger partial charge in [-0.1, -0.05) is 86.7 Å². The first-order valence-electron chi connectivity index (χ1n) is 7.93. The molecule has 1 unspecified atom stereocenters. The van der Waals surface area contributed by atoms with Crippen molar-refractivity contribution in [3.63, 3.8) is 0 Å². The van der Waals surface area contributed by atoms with E-state index >= 15 is 0 Å². The fourth-order valence-corrected chi connectivity index (χ4v) is 3.47. The molecule has 0 radical (unpaired) electrons. The lowest BCUT2D eigenvalue weighted by atomic mass is 10.00. The van der Waals surface area contributed by atoms with Gasteiger partial charge >= 0.3 is 0 Å². The highest BCUT2D eigenvalue weighted by Gasteiger charge is 2.12. The van der Waals surface area contributed by atoms with Crippen LogP contribution in [0, 0.1) is 0 Å². The monoisotopic (exact) mass is 349 g/mol. The van der Waals surface area contributed by atoms with E-state index in [0.717, 1.165) is 12.0 Å². The highest BCUT2D eigenvalue weighted by molar-refractivity contribution is 6.39. The number of hydrogen-bond donors (Lipinski definition) is 1. The number of rotatable bonds is 10. The van der Waals surface area contributed by atoms with Crippen molar-refractivity contribution in [2.75, 3.05) is 0 Å². The molecule has 4 heteroatoms. The summed E-state index contributed by atoms with van der Waals surface area (Å²) in [5.41, 5.74) is 7.11. The van der Waals surface area contributed by atoms with Gasteiger partial charge in [0.2, 0.25) is 0 Å². The zero-order valence-electron chi connectivity index (χ0n) is 12.8. The smallest absolute Gasteiger partial charge is 0.0468 e. The lowest BCUT2D eigenvalue weighted by molar-refractivity contribution is 0.528. The van der Waals surface area contributed by atoms with Crippen LogP contribution < -0.4 is 5.73 Å². The molecule has 0 bridgehead atoms. The third-order valence-corrected chi connectivity index (χ3v) is 4.64. The minimum absolute atomic E-state index is 0.108. The van der Waals surface area contributed by atoms with Gasteiger partial charge in [-0.3, -0.25) is 0 Å². The molecule has 0 saturated heterocycles. The van der Waals surface area contributed by atoms with E-state index in [1.807, 2.05) is 0 Å². The predicted molar refractivity (Wildman–Crippen MR) is 95.8 cm³/mol. The first-order chi connectivity index (χ1) is 10.0. The van der Waals surface area contributed by atoms with Gasteiger partial charge in [0.15, 0.2) is 0 Å². The number of halogens is 3. The molecular weight excluding hydrogens is 325 g/mol. The Kier molecular flexibility index (Phi) is 9.75. The Labute approximate surface area is 144 Å². The van der Waals surface area contributed by atoms with Crippen LogP contribution >= 0.6 is 34.8 Å². The van der Waals surface area contributed by atoms with E-state index in [2.05, 4.69) is 6.92 Å². The number of benzene rings is 1. The Hall–Kier alpha value is 0.0500. The van der Waals surface area contributed by atoms with Crippen LogP contribution in [0.2, 0.25) is 15.1 Å². The Bertz CT molecular complexity index is 397. The number of unbranched alkanes of at least 4 members (excludes halogenated alkanes) is 6. The van der Waals surface area contributed by atoms with Crippen LogP contribution in [0.15, 0.2) is 12.1 Å². The Balaban J connectivity index is 2.26. The molecule has 120 valence electrons. The van der Waals surface area contributed by atoms with Crippen LogP contribution in [-0.4, -0.2) is 6.04 Å². The fourth-order valence-electron chi connectivity index (χ4n) is 2.49. The van der Waals surface area contributed by atoms with Gasteiger partial charge in [0, 0.05) is 21.1 Å². The highest BCUT2D eigenvalue weighted by atomic mass is 35.5. The minimum Gasteiger partial charge on any atom is -0.327 e. The van der Waals surface area contributed by atoms with Crippen LogP contribution in [-0.2, 0) is 6.42 Å². The van der Waals surface area contributed by atoms with Crippen molar-refractivity contribution in [2.24, 2.45) is 5.73 Å². The zero-order chi connectivity index (χ0) is 15.7. The lowest BCUT2D eigenvalue weighted by Crippen LogP contribution is -2.23. The summed E-state index contributed by atoms with van der Waals surface area (Å²) in [6.45, 7) is 2.24. The van der Waals surface area contributed by atoms with Gasteiger partial charge < -0.3 is 5.73 Å². The summed E-state index contributed by atoms with van der Waals surface area (Å²) in [6.07, 6.45) is 10.8. The largest absolute Gasteiger partial charge is 0.327 e. The van der Waals surface area contributed by atoms with Crippen molar-refractivity contribution in [1.29, 1.82) is 0 Å². The van der Waals surface area contributed by atoms with Gasteiger partial charge in [0.25, 0.3) is 0 Å². The van der Waals surface area contributed by atoms with Crippen LogP contribution in [0.1, 0.15) is 63.9 Å². The van der Waals surface area contributed by atoms with E-state index in [9.17, 15) is 0 Å². The molecule has 1 nitrogen and oxygen atoms in total. The Morgan fingerprint density at radius 3 is 2.00 bits per heavy atom. The molecular formula is C17H26Cl3N. The normalized spacial score (nSPS) is 12.6. The Morgan fingerprint density at radius 1 is 0.905 bits per heavy atom. The van der Waals surface area contributed by atoms with Crippen molar-refractivity contribution in [3.05, 3.63) is 32.8 Å². The van der Waals surface area contributed by atoms with E-state index in [4.69, 9.17) is 40.5 Å². The summed E-state index contributed by atoms with van der Waals surface area (Å²) < 4.78 is 0. The van der Waals surface area contributed by atoms with Crippen molar-refractivity contribution < 1.29 is 0 Å². The second-order valence-corrected chi connectivity index (χ2v) is 6.97. The average molecular weight is 351 g/mol. The van der Waals surface area contributed by atoms with E-state index in [-0.39, 0.29) is 6.04 Å². The van der Waals surface area contributed by atoms with Crippen LogP contribution in [0.4, 0.5) is 0 Å². The molecule has 0 heterocycles. The molecule has 0 saturated carbocycles. The fraction of sp³-hybridized carbons (Fsp3) is 0.647. The molecule has 1 aromatic carbocycles. The minimum atomic E-state index is 0.108. The lowest BCUT2D eigenvalue weighted by Gasteiger charge is -2.14. The topological polar surface area (TPSA) is 26.0 Å². The molecule has 2 N–H and O–H groups in total. The third-order valence-electron chi connectivity index (χ3n) is 3.75. The molecule has 0 spiro atoms. The highest BCUT2D eigenvalue weighted by Crippen LogP contribution is 2.30. The maximum Gasteiger partial charge on any atom is 0.0468 e. The Morgan fingerprint density at radius 2 is 1.43 bits per heavy atom. The van der Waals surface area contributed by atoms with Crippen LogP contribution in [0.25, 0.3) is 0 Å². The maximum atomic E-state index is 6.19. The predicted octanol–water partition coefficient (Wildman–Crippen LogP) is 6.66. The second-order valence-electron chi connectivity index (χ2n) is 5.72. The van der Waals surface area contributed by atoms with E-state index in [0.29, 0.717) is 21.5 Å². The van der Waals surface area contributed by atoms with Crippen molar-refractivity contribution in [3.8, 4) is 0 Å². The van der Waals surface area contributed by atoms with Gasteiger partial charge in [-0.25, -0.2) is 0 Å². The van der Waals surface area contributed by atoms with Crippen molar-refractivity contribution >= 4 is 34.8 Å². The molecule has 0 aliphatic rings. The SMILES string of the molecule is CCCCCCCCCC(N)Cc1c(Cl)cc(Cl)cc1Cl. The van der Waals surface area contributed by atoms with Crippen molar-refractivity contribution in [2.45, 2.75) is 70.8 Å². The standard InChI is InChI=1S/C17H26Cl3N/c1-2-3-4-5-6-7-8-9-14(21)12-15-16(19)10-13(18)11-17(15)20/h10-11,14H,2-9,12,21H2,1H3. The number of nitrogens with two attached hydrogens (primary N) is 1. The average Bonchev–Trinajstić information content (AvgIpc) is 2.42. The van der Waals surface area contributed by atoms with E-state index in [1.54, 1.807) is 12.1 Å². The summed E-state index contributed by atoms with van der Waals surface area (Å²) in [5.74, 6) is 0. The first-order valence-corrected chi connectivity index (χ1v) is 9.07. The summed E-state index contributed by atoms with van der Waals surface area (Å²) in [5, 5.41) is 1.79. The van der Waals surface area contributed by atoms with Gasteiger partial charge in [0.05, 0.1) is 0 Å².